The first-order valence-electron chi connectivity index (χ1n) is 3.81. The summed E-state index contributed by atoms with van der Waals surface area (Å²) in [5.41, 5.74) is 5.28. The van der Waals surface area contributed by atoms with Gasteiger partial charge in [-0.15, -0.1) is 0 Å². The molecular formula is C5H11N5O2S2. The molecular weight excluding hydrogens is 226 g/mol. The molecule has 0 fully saturated rings. The van der Waals surface area contributed by atoms with Gasteiger partial charge in [0.1, 0.15) is 0 Å². The van der Waals surface area contributed by atoms with Crippen molar-refractivity contribution in [3.05, 3.63) is 0 Å². The lowest BCUT2D eigenvalue weighted by molar-refractivity contribution is 0.596. The van der Waals surface area contributed by atoms with Crippen molar-refractivity contribution in [2.75, 3.05) is 23.3 Å². The first-order valence-corrected chi connectivity index (χ1v) is 6.30. The normalized spacial score (nSPS) is 11.5. The maximum Gasteiger partial charge on any atom is 0.233 e. The first-order chi connectivity index (χ1) is 6.47. The molecule has 0 aliphatic carbocycles. The third kappa shape index (κ3) is 4.35. The molecule has 0 bridgehead atoms. The van der Waals surface area contributed by atoms with Crippen LogP contribution in [0.4, 0.5) is 11.1 Å². The predicted molar refractivity (Wildman–Crippen MR) is 55.4 cm³/mol. The molecule has 7 nitrogen and oxygen atoms in total. The lowest BCUT2D eigenvalue weighted by atomic mass is 10.5. The van der Waals surface area contributed by atoms with E-state index in [1.165, 1.54) is 0 Å². The molecule has 0 unspecified atom stereocenters. The molecule has 80 valence electrons. The molecule has 14 heavy (non-hydrogen) atoms. The minimum absolute atomic E-state index is 0.0473. The minimum Gasteiger partial charge on any atom is -0.367 e. The largest absolute Gasteiger partial charge is 0.367 e. The van der Waals surface area contributed by atoms with Gasteiger partial charge in [0.05, 0.1) is 5.75 Å². The van der Waals surface area contributed by atoms with E-state index in [0.717, 1.165) is 11.5 Å². The molecule has 0 radical (unpaired) electrons. The van der Waals surface area contributed by atoms with Crippen LogP contribution >= 0.6 is 11.5 Å². The molecule has 0 aromatic carbocycles. The standard InChI is InChI=1S/C5H11N5O2S2/c6-4-9-5(13-10-4)8-2-1-3-14(7,11)12/h1-3H2,(H2,7,11,12)(H3,6,8,9,10). The monoisotopic (exact) mass is 237 g/mol. The zero-order valence-corrected chi connectivity index (χ0v) is 8.94. The fourth-order valence-electron chi connectivity index (χ4n) is 0.775. The number of aromatic nitrogens is 2. The molecule has 5 N–H and O–H groups in total. The van der Waals surface area contributed by atoms with E-state index >= 15 is 0 Å². The molecule has 1 rings (SSSR count). The summed E-state index contributed by atoms with van der Waals surface area (Å²) in [5, 5.41) is 8.28. The second-order valence-electron chi connectivity index (χ2n) is 2.61. The SMILES string of the molecule is Nc1nsc(NCCCS(N)(=O)=O)n1. The van der Waals surface area contributed by atoms with Crippen LogP contribution in [0.1, 0.15) is 6.42 Å². The Balaban J connectivity index is 2.23. The quantitative estimate of drug-likeness (QED) is 0.576. The maximum atomic E-state index is 10.6. The smallest absolute Gasteiger partial charge is 0.233 e. The highest BCUT2D eigenvalue weighted by molar-refractivity contribution is 7.89. The van der Waals surface area contributed by atoms with Crippen molar-refractivity contribution in [2.24, 2.45) is 5.14 Å². The van der Waals surface area contributed by atoms with Gasteiger partial charge in [-0.1, -0.05) is 0 Å². The van der Waals surface area contributed by atoms with E-state index in [0.29, 0.717) is 18.1 Å². The fourth-order valence-corrected chi connectivity index (χ4v) is 1.84. The Morgan fingerprint density at radius 1 is 1.50 bits per heavy atom. The van der Waals surface area contributed by atoms with E-state index in [4.69, 9.17) is 10.9 Å². The van der Waals surface area contributed by atoms with Crippen LogP contribution in [-0.4, -0.2) is 30.1 Å². The topological polar surface area (TPSA) is 124 Å². The minimum atomic E-state index is -3.37. The second-order valence-corrected chi connectivity index (χ2v) is 5.09. The zero-order valence-electron chi connectivity index (χ0n) is 7.30. The van der Waals surface area contributed by atoms with Crippen LogP contribution in [0.15, 0.2) is 0 Å². The van der Waals surface area contributed by atoms with E-state index in [1.54, 1.807) is 0 Å². The number of primary sulfonamides is 1. The van der Waals surface area contributed by atoms with Gasteiger partial charge >= 0.3 is 0 Å². The number of nitrogens with zero attached hydrogens (tertiary/aromatic N) is 2. The Bertz CT molecular complexity index is 387. The van der Waals surface area contributed by atoms with Crippen molar-refractivity contribution in [1.29, 1.82) is 0 Å². The third-order valence-corrected chi connectivity index (χ3v) is 2.87. The van der Waals surface area contributed by atoms with Crippen LogP contribution in [0.5, 0.6) is 0 Å². The predicted octanol–water partition coefficient (Wildman–Crippen LogP) is -0.789. The van der Waals surface area contributed by atoms with Gasteiger partial charge in [0, 0.05) is 18.1 Å². The van der Waals surface area contributed by atoms with Crippen LogP contribution in [0.2, 0.25) is 0 Å². The highest BCUT2D eigenvalue weighted by atomic mass is 32.2. The number of sulfonamides is 1. The maximum absolute atomic E-state index is 10.6. The summed E-state index contributed by atoms with van der Waals surface area (Å²) in [6.07, 6.45) is 0.429. The summed E-state index contributed by atoms with van der Waals surface area (Å²) in [4.78, 5) is 3.84. The number of hydrogen-bond acceptors (Lipinski definition) is 7. The van der Waals surface area contributed by atoms with E-state index in [2.05, 4.69) is 14.7 Å². The van der Waals surface area contributed by atoms with E-state index < -0.39 is 10.0 Å². The Labute approximate surface area is 85.7 Å². The van der Waals surface area contributed by atoms with Gasteiger partial charge in [-0.2, -0.15) is 9.36 Å². The van der Waals surface area contributed by atoms with Gasteiger partial charge in [0.2, 0.25) is 21.1 Å². The summed E-state index contributed by atoms with van der Waals surface area (Å²) in [6.45, 7) is 0.477. The van der Waals surface area contributed by atoms with Crippen LogP contribution in [0.25, 0.3) is 0 Å². The lowest BCUT2D eigenvalue weighted by Crippen LogP contribution is -2.18. The molecule has 1 aromatic rings. The fraction of sp³-hybridized carbons (Fsp3) is 0.600. The Morgan fingerprint density at radius 3 is 2.71 bits per heavy atom. The van der Waals surface area contributed by atoms with E-state index in [9.17, 15) is 8.42 Å². The number of hydrogen-bond donors (Lipinski definition) is 3. The molecule has 9 heteroatoms. The average molecular weight is 237 g/mol. The number of nitrogen functional groups attached to an aromatic ring is 1. The lowest BCUT2D eigenvalue weighted by Gasteiger charge is -1.99. The molecule has 1 heterocycles. The Kier molecular flexibility index (Phi) is 3.61. The molecule has 0 saturated heterocycles. The first kappa shape index (κ1) is 11.1. The van der Waals surface area contributed by atoms with Gasteiger partial charge < -0.3 is 11.1 Å². The number of nitrogens with one attached hydrogen (secondary N) is 1. The summed E-state index contributed by atoms with van der Waals surface area (Å²) in [6, 6.07) is 0. The van der Waals surface area contributed by atoms with Crippen LogP contribution in [-0.2, 0) is 10.0 Å². The number of rotatable bonds is 5. The summed E-state index contributed by atoms with van der Waals surface area (Å²) >= 11 is 1.13. The van der Waals surface area contributed by atoms with Crippen molar-refractivity contribution in [3.8, 4) is 0 Å². The van der Waals surface area contributed by atoms with E-state index in [1.807, 2.05) is 0 Å². The van der Waals surface area contributed by atoms with Crippen molar-refractivity contribution < 1.29 is 8.42 Å². The summed E-state index contributed by atoms with van der Waals surface area (Å²) < 4.78 is 24.8. The third-order valence-electron chi connectivity index (χ3n) is 1.32. The van der Waals surface area contributed by atoms with Crippen LogP contribution in [0.3, 0.4) is 0 Å². The Hall–Kier alpha value is -0.930. The molecule has 0 spiro atoms. The average Bonchev–Trinajstić information content (AvgIpc) is 2.44. The molecule has 0 saturated carbocycles. The molecule has 0 aliphatic heterocycles. The summed E-state index contributed by atoms with van der Waals surface area (Å²) in [7, 11) is -3.37. The van der Waals surface area contributed by atoms with Crippen LogP contribution in [0, 0.1) is 0 Å². The van der Waals surface area contributed by atoms with Crippen LogP contribution < -0.4 is 16.2 Å². The molecule has 0 aliphatic rings. The van der Waals surface area contributed by atoms with Gasteiger partial charge in [-0.05, 0) is 6.42 Å². The van der Waals surface area contributed by atoms with Gasteiger partial charge in [0.15, 0.2) is 0 Å². The number of anilines is 2. The second kappa shape index (κ2) is 4.53. The van der Waals surface area contributed by atoms with Crippen molar-refractivity contribution in [3.63, 3.8) is 0 Å². The van der Waals surface area contributed by atoms with E-state index in [-0.39, 0.29) is 11.7 Å². The highest BCUT2D eigenvalue weighted by Gasteiger charge is 2.03. The summed E-state index contributed by atoms with van der Waals surface area (Å²) in [5.74, 6) is 0.165. The molecule has 1 aromatic heterocycles. The highest BCUT2D eigenvalue weighted by Crippen LogP contribution is 2.11. The van der Waals surface area contributed by atoms with Crippen molar-refractivity contribution >= 4 is 32.6 Å². The molecule has 0 atom stereocenters. The van der Waals surface area contributed by atoms with Gasteiger partial charge in [-0.25, -0.2) is 13.6 Å². The van der Waals surface area contributed by atoms with Crippen molar-refractivity contribution in [2.45, 2.75) is 6.42 Å². The van der Waals surface area contributed by atoms with Gasteiger partial charge in [-0.3, -0.25) is 0 Å². The van der Waals surface area contributed by atoms with Gasteiger partial charge in [0.25, 0.3) is 0 Å². The number of nitrogens with two attached hydrogens (primary N) is 2. The van der Waals surface area contributed by atoms with Crippen molar-refractivity contribution in [1.82, 2.24) is 9.36 Å². The molecule has 0 amide bonds. The Morgan fingerprint density at radius 2 is 2.21 bits per heavy atom. The zero-order chi connectivity index (χ0) is 10.6.